The van der Waals surface area contributed by atoms with Crippen LogP contribution >= 0.6 is 15.9 Å². The average molecular weight is 325 g/mol. The third-order valence-electron chi connectivity index (χ3n) is 2.48. The highest BCUT2D eigenvalue weighted by Gasteiger charge is 2.09. The topological polar surface area (TPSA) is 52.8 Å². The third kappa shape index (κ3) is 3.53. The first-order valence-electron chi connectivity index (χ1n) is 6.32. The minimum Gasteiger partial charge on any atom is -0.490 e. The number of hydrogen-bond donors (Lipinski definition) is 0. The van der Waals surface area contributed by atoms with Gasteiger partial charge in [-0.1, -0.05) is 20.8 Å². The third-order valence-corrected chi connectivity index (χ3v) is 2.89. The van der Waals surface area contributed by atoms with Crippen LogP contribution in [0.3, 0.4) is 0 Å². The summed E-state index contributed by atoms with van der Waals surface area (Å²) in [6, 6.07) is 1.84. The molecule has 0 aliphatic heterocycles. The molecule has 0 atom stereocenters. The van der Waals surface area contributed by atoms with Gasteiger partial charge in [-0.05, 0) is 22.4 Å². The Balaban J connectivity index is 2.28. The van der Waals surface area contributed by atoms with E-state index >= 15 is 0 Å². The summed E-state index contributed by atoms with van der Waals surface area (Å²) in [6.45, 7) is 6.88. The Kier molecular flexibility index (Phi) is 4.52. The zero-order chi connectivity index (χ0) is 13.8. The van der Waals surface area contributed by atoms with Crippen molar-refractivity contribution < 1.29 is 4.74 Å². The molecule has 6 heteroatoms. The molecule has 2 rings (SSSR count). The van der Waals surface area contributed by atoms with E-state index in [2.05, 4.69) is 51.8 Å². The van der Waals surface area contributed by atoms with Gasteiger partial charge in [-0.15, -0.1) is 0 Å². The minimum atomic E-state index is 0.266. The quantitative estimate of drug-likeness (QED) is 0.791. The van der Waals surface area contributed by atoms with E-state index < -0.39 is 0 Å². The van der Waals surface area contributed by atoms with Crippen molar-refractivity contribution in [2.75, 3.05) is 6.61 Å². The fraction of sp³-hybridized carbons (Fsp3) is 0.462. The summed E-state index contributed by atoms with van der Waals surface area (Å²) < 4.78 is 7.98. The Hall–Kier alpha value is -1.43. The first kappa shape index (κ1) is 14.0. The van der Waals surface area contributed by atoms with E-state index in [1.807, 2.05) is 12.3 Å². The number of aromatic nitrogens is 4. The highest BCUT2D eigenvalue weighted by atomic mass is 79.9. The van der Waals surface area contributed by atoms with Crippen LogP contribution in [0, 0.1) is 0 Å². The molecule has 0 unspecified atom stereocenters. The number of halogens is 1. The van der Waals surface area contributed by atoms with Gasteiger partial charge in [0, 0.05) is 12.0 Å². The summed E-state index contributed by atoms with van der Waals surface area (Å²) in [4.78, 5) is 8.85. The summed E-state index contributed by atoms with van der Waals surface area (Å²) in [5, 5.41) is 4.26. The van der Waals surface area contributed by atoms with Gasteiger partial charge in [0.25, 0.3) is 0 Å². The molecular weight excluding hydrogens is 308 g/mol. The molecule has 0 aliphatic carbocycles. The van der Waals surface area contributed by atoms with E-state index in [1.165, 1.54) is 0 Å². The van der Waals surface area contributed by atoms with E-state index in [1.54, 1.807) is 10.9 Å². The van der Waals surface area contributed by atoms with Crippen LogP contribution in [0.15, 0.2) is 23.1 Å². The van der Waals surface area contributed by atoms with Crippen LogP contribution in [0.25, 0.3) is 5.82 Å². The van der Waals surface area contributed by atoms with Crippen LogP contribution in [0.5, 0.6) is 5.75 Å². The van der Waals surface area contributed by atoms with Gasteiger partial charge in [-0.3, -0.25) is 0 Å². The Morgan fingerprint density at radius 2 is 2.16 bits per heavy atom. The largest absolute Gasteiger partial charge is 0.490 e. The zero-order valence-electron chi connectivity index (χ0n) is 11.3. The predicted molar refractivity (Wildman–Crippen MR) is 76.7 cm³/mol. The highest BCUT2D eigenvalue weighted by Crippen LogP contribution is 2.18. The van der Waals surface area contributed by atoms with Gasteiger partial charge in [0.1, 0.15) is 10.4 Å². The SMILES string of the molecule is CCCOc1cnn(-c2cc(Br)nc(C(C)C)n2)c1. The maximum absolute atomic E-state index is 5.53. The molecule has 102 valence electrons. The van der Waals surface area contributed by atoms with Crippen molar-refractivity contribution in [3.8, 4) is 11.6 Å². The maximum atomic E-state index is 5.53. The molecule has 2 heterocycles. The second-order valence-electron chi connectivity index (χ2n) is 4.53. The monoisotopic (exact) mass is 324 g/mol. The molecule has 0 N–H and O–H groups in total. The molecule has 5 nitrogen and oxygen atoms in total. The molecule has 0 spiro atoms. The van der Waals surface area contributed by atoms with Crippen molar-refractivity contribution >= 4 is 15.9 Å². The summed E-state index contributed by atoms with van der Waals surface area (Å²) in [6.07, 6.45) is 4.50. The van der Waals surface area contributed by atoms with Crippen LogP contribution in [0.1, 0.15) is 38.9 Å². The number of nitrogens with zero attached hydrogens (tertiary/aromatic N) is 4. The lowest BCUT2D eigenvalue weighted by molar-refractivity contribution is 0.317. The molecule has 19 heavy (non-hydrogen) atoms. The van der Waals surface area contributed by atoms with E-state index in [9.17, 15) is 0 Å². The molecule has 0 saturated heterocycles. The Labute approximate surface area is 121 Å². The second kappa shape index (κ2) is 6.14. The molecule has 0 aromatic carbocycles. The van der Waals surface area contributed by atoms with E-state index in [0.29, 0.717) is 6.61 Å². The number of rotatable bonds is 5. The Morgan fingerprint density at radius 3 is 2.84 bits per heavy atom. The van der Waals surface area contributed by atoms with E-state index in [-0.39, 0.29) is 5.92 Å². The molecule has 0 radical (unpaired) electrons. The van der Waals surface area contributed by atoms with Crippen molar-refractivity contribution in [3.05, 3.63) is 28.9 Å². The summed E-state index contributed by atoms with van der Waals surface area (Å²) in [7, 11) is 0. The van der Waals surface area contributed by atoms with Crippen molar-refractivity contribution in [1.82, 2.24) is 19.7 Å². The van der Waals surface area contributed by atoms with Gasteiger partial charge in [-0.2, -0.15) is 5.10 Å². The molecular formula is C13H17BrN4O. The van der Waals surface area contributed by atoms with Gasteiger partial charge in [0.15, 0.2) is 11.6 Å². The van der Waals surface area contributed by atoms with Crippen LogP contribution < -0.4 is 4.74 Å². The second-order valence-corrected chi connectivity index (χ2v) is 5.34. The number of hydrogen-bond acceptors (Lipinski definition) is 4. The molecule has 0 aliphatic rings. The highest BCUT2D eigenvalue weighted by molar-refractivity contribution is 9.10. The summed E-state index contributed by atoms with van der Waals surface area (Å²) >= 11 is 3.40. The summed E-state index contributed by atoms with van der Waals surface area (Å²) in [5.41, 5.74) is 0. The Bertz CT molecular complexity index is 553. The van der Waals surface area contributed by atoms with Crippen LogP contribution in [-0.4, -0.2) is 26.4 Å². The first-order chi connectivity index (χ1) is 9.10. The first-order valence-corrected chi connectivity index (χ1v) is 7.11. The fourth-order valence-corrected chi connectivity index (χ4v) is 1.91. The van der Waals surface area contributed by atoms with E-state index in [4.69, 9.17) is 4.74 Å². The van der Waals surface area contributed by atoms with Gasteiger partial charge in [0.2, 0.25) is 0 Å². The lowest BCUT2D eigenvalue weighted by atomic mass is 10.2. The number of ether oxygens (including phenoxy) is 1. The normalized spacial score (nSPS) is 11.0. The van der Waals surface area contributed by atoms with Crippen LogP contribution in [0.2, 0.25) is 0 Å². The van der Waals surface area contributed by atoms with Crippen LogP contribution in [-0.2, 0) is 0 Å². The van der Waals surface area contributed by atoms with Gasteiger partial charge < -0.3 is 4.74 Å². The lowest BCUT2D eigenvalue weighted by Crippen LogP contribution is -2.05. The zero-order valence-corrected chi connectivity index (χ0v) is 12.9. The van der Waals surface area contributed by atoms with Crippen molar-refractivity contribution in [3.63, 3.8) is 0 Å². The van der Waals surface area contributed by atoms with Crippen LogP contribution in [0.4, 0.5) is 0 Å². The minimum absolute atomic E-state index is 0.266. The molecule has 0 fully saturated rings. The summed E-state index contributed by atoms with van der Waals surface area (Å²) in [5.74, 6) is 2.54. The predicted octanol–water partition coefficient (Wildman–Crippen LogP) is 3.34. The van der Waals surface area contributed by atoms with Gasteiger partial charge in [0.05, 0.1) is 19.0 Å². The molecule has 2 aromatic heterocycles. The van der Waals surface area contributed by atoms with Crippen molar-refractivity contribution in [2.45, 2.75) is 33.1 Å². The Morgan fingerprint density at radius 1 is 1.37 bits per heavy atom. The average Bonchev–Trinajstić information content (AvgIpc) is 2.84. The fourth-order valence-electron chi connectivity index (χ4n) is 1.52. The molecule has 0 bridgehead atoms. The smallest absolute Gasteiger partial charge is 0.158 e. The standard InChI is InChI=1S/C13H17BrN4O/c1-4-5-19-10-7-15-18(8-10)12-6-11(14)16-13(17-12)9(2)3/h6-9H,4-5H2,1-3H3. The van der Waals surface area contributed by atoms with E-state index in [0.717, 1.165) is 28.4 Å². The lowest BCUT2D eigenvalue weighted by Gasteiger charge is -2.07. The van der Waals surface area contributed by atoms with Gasteiger partial charge >= 0.3 is 0 Å². The molecule has 2 aromatic rings. The van der Waals surface area contributed by atoms with Crippen molar-refractivity contribution in [1.29, 1.82) is 0 Å². The molecule has 0 amide bonds. The van der Waals surface area contributed by atoms with Crippen molar-refractivity contribution in [2.24, 2.45) is 0 Å². The maximum Gasteiger partial charge on any atom is 0.158 e. The molecule has 0 saturated carbocycles. The van der Waals surface area contributed by atoms with Gasteiger partial charge in [-0.25, -0.2) is 14.6 Å².